The maximum Gasteiger partial charge on any atom is 0.248 e. The minimum atomic E-state index is -0.373. The van der Waals surface area contributed by atoms with E-state index in [1.54, 1.807) is 12.1 Å². The van der Waals surface area contributed by atoms with Crippen molar-refractivity contribution >= 4 is 11.6 Å². The lowest BCUT2D eigenvalue weighted by molar-refractivity contribution is 0.100. The number of hydrogen-bond donors (Lipinski definition) is 2. The Balaban J connectivity index is 2.04. The van der Waals surface area contributed by atoms with Crippen LogP contribution in [0.1, 0.15) is 30.1 Å². The first-order valence-corrected chi connectivity index (χ1v) is 6.59. The van der Waals surface area contributed by atoms with E-state index in [1.165, 1.54) is 12.8 Å². The van der Waals surface area contributed by atoms with E-state index in [1.807, 2.05) is 12.1 Å². The molecular formula is C14H21N3O. The van der Waals surface area contributed by atoms with Crippen LogP contribution in [0.3, 0.4) is 0 Å². The van der Waals surface area contributed by atoms with Crippen molar-refractivity contribution < 1.29 is 4.79 Å². The van der Waals surface area contributed by atoms with Gasteiger partial charge in [-0.2, -0.15) is 0 Å². The van der Waals surface area contributed by atoms with Gasteiger partial charge in [-0.3, -0.25) is 4.79 Å². The highest BCUT2D eigenvalue weighted by Gasteiger charge is 2.17. The number of primary amides is 1. The minimum Gasteiger partial charge on any atom is -0.370 e. The number of benzene rings is 1. The van der Waals surface area contributed by atoms with Gasteiger partial charge < -0.3 is 16.0 Å². The van der Waals surface area contributed by atoms with Crippen molar-refractivity contribution in [2.24, 2.45) is 5.73 Å². The van der Waals surface area contributed by atoms with Gasteiger partial charge >= 0.3 is 0 Å². The van der Waals surface area contributed by atoms with Gasteiger partial charge in [0.15, 0.2) is 0 Å². The molecule has 0 bridgehead atoms. The lowest BCUT2D eigenvalue weighted by Crippen LogP contribution is -2.37. The zero-order valence-electron chi connectivity index (χ0n) is 10.9. The Hall–Kier alpha value is -1.55. The summed E-state index contributed by atoms with van der Waals surface area (Å²) in [6, 6.07) is 8.11. The Morgan fingerprint density at radius 2 is 2.17 bits per heavy atom. The molecule has 1 amide bonds. The van der Waals surface area contributed by atoms with E-state index in [2.05, 4.69) is 17.1 Å². The van der Waals surface area contributed by atoms with Crippen LogP contribution < -0.4 is 16.0 Å². The van der Waals surface area contributed by atoms with Crippen LogP contribution in [-0.4, -0.2) is 31.6 Å². The second-order valence-electron chi connectivity index (χ2n) is 4.74. The fourth-order valence-corrected chi connectivity index (χ4v) is 2.43. The topological polar surface area (TPSA) is 58.4 Å². The number of nitrogens with two attached hydrogens (primary N) is 1. The molecule has 2 rings (SSSR count). The molecule has 1 heterocycles. The number of nitrogens with one attached hydrogen (secondary N) is 1. The molecule has 0 spiro atoms. The second-order valence-corrected chi connectivity index (χ2v) is 4.74. The summed E-state index contributed by atoms with van der Waals surface area (Å²) in [5.41, 5.74) is 6.95. The quantitative estimate of drug-likeness (QED) is 0.826. The maximum atomic E-state index is 11.0. The zero-order chi connectivity index (χ0) is 13.0. The van der Waals surface area contributed by atoms with Gasteiger partial charge in [-0.05, 0) is 50.6 Å². The van der Waals surface area contributed by atoms with E-state index in [0.29, 0.717) is 11.6 Å². The highest BCUT2D eigenvalue weighted by Crippen LogP contribution is 2.17. The lowest BCUT2D eigenvalue weighted by atomic mass is 10.1. The van der Waals surface area contributed by atoms with Gasteiger partial charge in [-0.15, -0.1) is 0 Å². The summed E-state index contributed by atoms with van der Waals surface area (Å²) < 4.78 is 0. The largest absolute Gasteiger partial charge is 0.370 e. The Labute approximate surface area is 108 Å². The van der Waals surface area contributed by atoms with Gasteiger partial charge in [-0.1, -0.05) is 0 Å². The maximum absolute atomic E-state index is 11.0. The fraction of sp³-hybridized carbons (Fsp3) is 0.500. The summed E-state index contributed by atoms with van der Waals surface area (Å²) in [5.74, 6) is -0.373. The first-order valence-electron chi connectivity index (χ1n) is 6.59. The number of carbonyl (C=O) groups excluding carboxylic acids is 1. The number of amides is 1. The minimum absolute atomic E-state index is 0.373. The summed E-state index contributed by atoms with van der Waals surface area (Å²) in [4.78, 5) is 13.4. The SMILES string of the molecule is CCN(CC1CCCN1)c1ccc(C(N)=O)cc1. The average molecular weight is 247 g/mol. The number of rotatable bonds is 5. The zero-order valence-corrected chi connectivity index (χ0v) is 10.9. The molecule has 18 heavy (non-hydrogen) atoms. The molecule has 1 fully saturated rings. The predicted molar refractivity (Wildman–Crippen MR) is 73.9 cm³/mol. The standard InChI is InChI=1S/C14H21N3O/c1-2-17(10-12-4-3-9-16-12)13-7-5-11(6-8-13)14(15)18/h5-8,12,16H,2-4,9-10H2,1H3,(H2,15,18). The van der Waals surface area contributed by atoms with Crippen LogP contribution >= 0.6 is 0 Å². The predicted octanol–water partition coefficient (Wildman–Crippen LogP) is 1.36. The van der Waals surface area contributed by atoms with Crippen molar-refractivity contribution in [3.05, 3.63) is 29.8 Å². The number of hydrogen-bond acceptors (Lipinski definition) is 3. The van der Waals surface area contributed by atoms with Gasteiger partial charge in [0.1, 0.15) is 0 Å². The van der Waals surface area contributed by atoms with Crippen LogP contribution in [0.5, 0.6) is 0 Å². The third-order valence-electron chi connectivity index (χ3n) is 3.50. The third kappa shape index (κ3) is 3.01. The third-order valence-corrected chi connectivity index (χ3v) is 3.50. The van der Waals surface area contributed by atoms with Crippen molar-refractivity contribution in [2.75, 3.05) is 24.5 Å². The summed E-state index contributed by atoms with van der Waals surface area (Å²) in [6.07, 6.45) is 2.51. The molecule has 1 aromatic rings. The fourth-order valence-electron chi connectivity index (χ4n) is 2.43. The Morgan fingerprint density at radius 3 is 2.67 bits per heavy atom. The highest BCUT2D eigenvalue weighted by atomic mass is 16.1. The van der Waals surface area contributed by atoms with Crippen LogP contribution in [0.25, 0.3) is 0 Å². The number of nitrogens with zero attached hydrogens (tertiary/aromatic N) is 1. The van der Waals surface area contributed by atoms with E-state index in [4.69, 9.17) is 5.73 Å². The molecule has 98 valence electrons. The summed E-state index contributed by atoms with van der Waals surface area (Å²) in [5, 5.41) is 3.50. The first kappa shape index (κ1) is 12.9. The molecule has 0 radical (unpaired) electrons. The van der Waals surface area contributed by atoms with Crippen LogP contribution in [0, 0.1) is 0 Å². The Morgan fingerprint density at radius 1 is 1.44 bits per heavy atom. The van der Waals surface area contributed by atoms with Gasteiger partial charge in [-0.25, -0.2) is 0 Å². The molecule has 3 N–H and O–H groups in total. The van der Waals surface area contributed by atoms with Crippen molar-refractivity contribution in [2.45, 2.75) is 25.8 Å². The van der Waals surface area contributed by atoms with Gasteiger partial charge in [0.2, 0.25) is 5.91 Å². The molecule has 0 aromatic heterocycles. The molecule has 1 aliphatic rings. The number of likely N-dealkylation sites (N-methyl/N-ethyl adjacent to an activating group) is 1. The van der Waals surface area contributed by atoms with E-state index < -0.39 is 0 Å². The number of carbonyl (C=O) groups is 1. The van der Waals surface area contributed by atoms with Gasteiger partial charge in [0.25, 0.3) is 0 Å². The molecule has 1 unspecified atom stereocenters. The summed E-state index contributed by atoms with van der Waals surface area (Å²) in [7, 11) is 0. The van der Waals surface area contributed by atoms with Crippen molar-refractivity contribution in [3.8, 4) is 0 Å². The molecule has 0 aliphatic carbocycles. The average Bonchev–Trinajstić information content (AvgIpc) is 2.89. The monoisotopic (exact) mass is 247 g/mol. The molecule has 1 aromatic carbocycles. The molecule has 0 saturated carbocycles. The van der Waals surface area contributed by atoms with Gasteiger partial charge in [0.05, 0.1) is 0 Å². The van der Waals surface area contributed by atoms with Crippen LogP contribution in [-0.2, 0) is 0 Å². The van der Waals surface area contributed by atoms with Crippen molar-refractivity contribution in [3.63, 3.8) is 0 Å². The summed E-state index contributed by atoms with van der Waals surface area (Å²) >= 11 is 0. The van der Waals surface area contributed by atoms with E-state index in [9.17, 15) is 4.79 Å². The second kappa shape index (κ2) is 5.87. The van der Waals surface area contributed by atoms with E-state index in [-0.39, 0.29) is 5.91 Å². The number of anilines is 1. The normalized spacial score (nSPS) is 18.8. The summed E-state index contributed by atoms with van der Waals surface area (Å²) in [6.45, 7) is 5.26. The molecule has 1 atom stereocenters. The van der Waals surface area contributed by atoms with E-state index >= 15 is 0 Å². The first-order chi connectivity index (χ1) is 8.70. The van der Waals surface area contributed by atoms with Crippen molar-refractivity contribution in [1.82, 2.24) is 5.32 Å². The van der Waals surface area contributed by atoms with Crippen molar-refractivity contribution in [1.29, 1.82) is 0 Å². The van der Waals surface area contributed by atoms with E-state index in [0.717, 1.165) is 25.3 Å². The smallest absolute Gasteiger partial charge is 0.248 e. The molecule has 1 saturated heterocycles. The van der Waals surface area contributed by atoms with Crippen LogP contribution in [0.2, 0.25) is 0 Å². The van der Waals surface area contributed by atoms with Crippen LogP contribution in [0.4, 0.5) is 5.69 Å². The molecule has 4 heteroatoms. The Kier molecular flexibility index (Phi) is 4.20. The van der Waals surface area contributed by atoms with Gasteiger partial charge in [0, 0.05) is 30.4 Å². The molecule has 1 aliphatic heterocycles. The molecule has 4 nitrogen and oxygen atoms in total. The Bertz CT molecular complexity index is 396. The molecular weight excluding hydrogens is 226 g/mol. The highest BCUT2D eigenvalue weighted by molar-refractivity contribution is 5.93. The van der Waals surface area contributed by atoms with Crippen LogP contribution in [0.15, 0.2) is 24.3 Å². The lowest BCUT2D eigenvalue weighted by Gasteiger charge is -2.26.